The van der Waals surface area contributed by atoms with E-state index >= 15 is 0 Å². The highest BCUT2D eigenvalue weighted by atomic mass is 16.5. The molecule has 2 amide bonds. The van der Waals surface area contributed by atoms with Crippen molar-refractivity contribution in [3.05, 3.63) is 24.3 Å². The van der Waals surface area contributed by atoms with Crippen LogP contribution in [0, 0.1) is 23.2 Å². The van der Waals surface area contributed by atoms with E-state index in [9.17, 15) is 9.59 Å². The van der Waals surface area contributed by atoms with Crippen LogP contribution in [0.2, 0.25) is 0 Å². The maximum Gasteiger partial charge on any atom is 0.247 e. The highest BCUT2D eigenvalue weighted by molar-refractivity contribution is 5.98. The number of ether oxygens (including phenoxy) is 1. The van der Waals surface area contributed by atoms with Crippen LogP contribution in [0.3, 0.4) is 0 Å². The first-order valence-electron chi connectivity index (χ1n) is 12.6. The number of morpholine rings is 1. The van der Waals surface area contributed by atoms with Gasteiger partial charge in [-0.2, -0.15) is 0 Å². The van der Waals surface area contributed by atoms with Crippen molar-refractivity contribution in [1.29, 1.82) is 0 Å². The largest absolute Gasteiger partial charge is 0.378 e. The number of rotatable bonds is 4. The molecule has 2 heterocycles. The third-order valence-electron chi connectivity index (χ3n) is 8.82. The maximum atomic E-state index is 13.8. The van der Waals surface area contributed by atoms with Gasteiger partial charge in [-0.05, 0) is 93.4 Å². The minimum atomic E-state index is -0.325. The average Bonchev–Trinajstić information content (AvgIpc) is 3.29. The van der Waals surface area contributed by atoms with Gasteiger partial charge >= 0.3 is 0 Å². The second-order valence-electron chi connectivity index (χ2n) is 11.0. The number of carbonyl (C=O) groups excluding carboxylic acids is 2. The van der Waals surface area contributed by atoms with E-state index in [2.05, 4.69) is 22.3 Å². The van der Waals surface area contributed by atoms with E-state index in [-0.39, 0.29) is 23.3 Å². The zero-order chi connectivity index (χ0) is 21.7. The summed E-state index contributed by atoms with van der Waals surface area (Å²) in [5.74, 6) is 2.48. The summed E-state index contributed by atoms with van der Waals surface area (Å²) >= 11 is 0. The van der Waals surface area contributed by atoms with Gasteiger partial charge in [-0.3, -0.25) is 9.59 Å². The molecule has 4 bridgehead atoms. The third-order valence-corrected chi connectivity index (χ3v) is 8.82. The Hall–Kier alpha value is -2.08. The van der Waals surface area contributed by atoms with Crippen molar-refractivity contribution in [2.24, 2.45) is 23.2 Å². The lowest BCUT2D eigenvalue weighted by Crippen LogP contribution is -2.56. The van der Waals surface area contributed by atoms with Gasteiger partial charge in [0.25, 0.3) is 0 Å². The standard InChI is InChI=1S/C26H35N3O3/c30-24(27-21-3-5-22(6-4-21)28-8-10-32-11-9-28)23-2-1-7-29(23)25(31)26-15-18-12-19(16-26)14-20(13-18)17-26/h3-6,18-20,23H,1-2,7-17H2,(H,27,30)/t18?,19?,20?,23-,26?/m0/s1. The van der Waals surface area contributed by atoms with Crippen molar-refractivity contribution in [1.82, 2.24) is 4.90 Å². The topological polar surface area (TPSA) is 61.9 Å². The third kappa shape index (κ3) is 3.60. The Morgan fingerprint density at radius 3 is 2.16 bits per heavy atom. The Labute approximate surface area is 190 Å². The second-order valence-corrected chi connectivity index (χ2v) is 11.0. The molecule has 6 aliphatic rings. The first kappa shape index (κ1) is 20.5. The number of likely N-dealkylation sites (tertiary alicyclic amines) is 1. The van der Waals surface area contributed by atoms with Crippen molar-refractivity contribution in [3.8, 4) is 0 Å². The van der Waals surface area contributed by atoms with Crippen LogP contribution in [0.1, 0.15) is 51.4 Å². The molecule has 4 aliphatic carbocycles. The summed E-state index contributed by atoms with van der Waals surface area (Å²) in [6.45, 7) is 4.04. The van der Waals surface area contributed by atoms with E-state index in [1.165, 1.54) is 19.3 Å². The monoisotopic (exact) mass is 437 g/mol. The minimum absolute atomic E-state index is 0.0281. The average molecular weight is 438 g/mol. The Morgan fingerprint density at radius 2 is 1.53 bits per heavy atom. The smallest absolute Gasteiger partial charge is 0.247 e. The molecule has 172 valence electrons. The van der Waals surface area contributed by atoms with E-state index in [1.54, 1.807) is 0 Å². The summed E-state index contributed by atoms with van der Waals surface area (Å²) in [5.41, 5.74) is 1.80. The number of benzene rings is 1. The quantitative estimate of drug-likeness (QED) is 0.781. The van der Waals surface area contributed by atoms with E-state index in [0.29, 0.717) is 0 Å². The SMILES string of the molecule is O=C(Nc1ccc(N2CCOCC2)cc1)[C@@H]1CCCN1C(=O)C12CC3CC(CC(C3)C1)C2. The fraction of sp³-hybridized carbons (Fsp3) is 0.692. The molecule has 32 heavy (non-hydrogen) atoms. The van der Waals surface area contributed by atoms with Gasteiger partial charge in [-0.15, -0.1) is 0 Å². The zero-order valence-corrected chi connectivity index (χ0v) is 18.9. The maximum absolute atomic E-state index is 13.8. The molecule has 0 spiro atoms. The molecular formula is C26H35N3O3. The Balaban J connectivity index is 1.13. The summed E-state index contributed by atoms with van der Waals surface area (Å²) in [5, 5.41) is 3.10. The van der Waals surface area contributed by atoms with E-state index < -0.39 is 0 Å². The molecule has 2 saturated heterocycles. The normalized spacial score (nSPS) is 35.9. The van der Waals surface area contributed by atoms with Gasteiger partial charge in [0, 0.05) is 31.0 Å². The molecule has 0 unspecified atom stereocenters. The van der Waals surface area contributed by atoms with Gasteiger partial charge < -0.3 is 19.9 Å². The van der Waals surface area contributed by atoms with E-state index in [1.807, 2.05) is 17.0 Å². The number of carbonyl (C=O) groups is 2. The molecule has 6 nitrogen and oxygen atoms in total. The number of nitrogens with one attached hydrogen (secondary N) is 1. The molecule has 0 radical (unpaired) electrons. The van der Waals surface area contributed by atoms with Crippen LogP contribution in [0.5, 0.6) is 0 Å². The van der Waals surface area contributed by atoms with Gasteiger partial charge in [-0.25, -0.2) is 0 Å². The fourth-order valence-electron chi connectivity index (χ4n) is 7.76. The van der Waals surface area contributed by atoms with Gasteiger partial charge in [0.05, 0.1) is 18.6 Å². The first-order chi connectivity index (χ1) is 15.6. The molecule has 2 aliphatic heterocycles. The van der Waals surface area contributed by atoms with Gasteiger partial charge in [0.15, 0.2) is 0 Å². The molecule has 0 aromatic heterocycles. The van der Waals surface area contributed by atoms with Crippen molar-refractivity contribution in [3.63, 3.8) is 0 Å². The lowest BCUT2D eigenvalue weighted by atomic mass is 9.49. The number of anilines is 2. The van der Waals surface area contributed by atoms with E-state index in [4.69, 9.17) is 4.74 Å². The van der Waals surface area contributed by atoms with Crippen LogP contribution in [-0.2, 0) is 14.3 Å². The lowest BCUT2D eigenvalue weighted by Gasteiger charge is -2.56. The Morgan fingerprint density at radius 1 is 0.906 bits per heavy atom. The number of nitrogens with zero attached hydrogens (tertiary/aromatic N) is 2. The summed E-state index contributed by atoms with van der Waals surface area (Å²) in [6, 6.07) is 7.75. The van der Waals surface area contributed by atoms with Gasteiger partial charge in [0.2, 0.25) is 11.8 Å². The molecule has 6 heteroatoms. The van der Waals surface area contributed by atoms with Crippen LogP contribution in [0.15, 0.2) is 24.3 Å². The second kappa shape index (κ2) is 8.05. The summed E-state index contributed by atoms with van der Waals surface area (Å²) < 4.78 is 5.43. The van der Waals surface area contributed by atoms with Crippen molar-refractivity contribution in [2.45, 2.75) is 57.4 Å². The molecule has 1 N–H and O–H groups in total. The highest BCUT2D eigenvalue weighted by Crippen LogP contribution is 2.60. The summed E-state index contributed by atoms with van der Waals surface area (Å²) in [4.78, 5) is 31.3. The Bertz CT molecular complexity index is 842. The predicted octanol–water partition coefficient (Wildman–Crippen LogP) is 3.67. The van der Waals surface area contributed by atoms with Crippen LogP contribution in [0.4, 0.5) is 11.4 Å². The molecular weight excluding hydrogens is 402 g/mol. The summed E-state index contributed by atoms with van der Waals surface area (Å²) in [7, 11) is 0. The fourth-order valence-corrected chi connectivity index (χ4v) is 7.76. The molecule has 1 atom stereocenters. The molecule has 1 aromatic carbocycles. The first-order valence-corrected chi connectivity index (χ1v) is 12.6. The van der Waals surface area contributed by atoms with Crippen molar-refractivity contribution >= 4 is 23.2 Å². The highest BCUT2D eigenvalue weighted by Gasteiger charge is 2.56. The van der Waals surface area contributed by atoms with Crippen LogP contribution in [-0.4, -0.2) is 55.6 Å². The van der Waals surface area contributed by atoms with Gasteiger partial charge in [-0.1, -0.05) is 0 Å². The molecule has 6 fully saturated rings. The zero-order valence-electron chi connectivity index (χ0n) is 18.9. The number of hydrogen-bond donors (Lipinski definition) is 1. The molecule has 4 saturated carbocycles. The van der Waals surface area contributed by atoms with Crippen LogP contribution < -0.4 is 10.2 Å². The minimum Gasteiger partial charge on any atom is -0.378 e. The van der Waals surface area contributed by atoms with E-state index in [0.717, 1.165) is 94.1 Å². The number of hydrogen-bond acceptors (Lipinski definition) is 4. The van der Waals surface area contributed by atoms with Crippen LogP contribution in [0.25, 0.3) is 0 Å². The predicted molar refractivity (Wildman–Crippen MR) is 123 cm³/mol. The lowest BCUT2D eigenvalue weighted by molar-refractivity contribution is -0.160. The van der Waals surface area contributed by atoms with Crippen molar-refractivity contribution < 1.29 is 14.3 Å². The van der Waals surface area contributed by atoms with Crippen LogP contribution >= 0.6 is 0 Å². The molecule has 1 aromatic rings. The molecule has 7 rings (SSSR count). The number of amides is 2. The Kier molecular flexibility index (Phi) is 5.16. The van der Waals surface area contributed by atoms with Crippen molar-refractivity contribution in [2.75, 3.05) is 43.1 Å². The van der Waals surface area contributed by atoms with Gasteiger partial charge in [0.1, 0.15) is 6.04 Å². The summed E-state index contributed by atoms with van der Waals surface area (Å²) in [6.07, 6.45) is 8.87.